The van der Waals surface area contributed by atoms with Gasteiger partial charge in [0.2, 0.25) is 0 Å². The van der Waals surface area contributed by atoms with Crippen molar-refractivity contribution in [1.82, 2.24) is 0 Å². The molecule has 22 heavy (non-hydrogen) atoms. The number of aryl methyl sites for hydroxylation is 1. The second-order valence-corrected chi connectivity index (χ2v) is 7.34. The predicted octanol–water partition coefficient (Wildman–Crippen LogP) is 3.54. The van der Waals surface area contributed by atoms with Gasteiger partial charge in [-0.25, -0.2) is 0 Å². The van der Waals surface area contributed by atoms with Crippen LogP contribution in [0.25, 0.3) is 0 Å². The number of methoxy groups -OCH3 is 1. The van der Waals surface area contributed by atoms with Gasteiger partial charge in [-0.2, -0.15) is 0 Å². The molecule has 1 aromatic carbocycles. The SMILES string of the molecule is COc1cc2c(cc1O)CCC1C3=CC[C@H](O)[C@@]3(C)CCC21. The summed E-state index contributed by atoms with van der Waals surface area (Å²) in [5, 5.41) is 20.4. The van der Waals surface area contributed by atoms with E-state index >= 15 is 0 Å². The third-order valence-corrected chi connectivity index (χ3v) is 6.38. The summed E-state index contributed by atoms with van der Waals surface area (Å²) < 4.78 is 5.31. The molecule has 118 valence electrons. The van der Waals surface area contributed by atoms with Crippen molar-refractivity contribution in [3.63, 3.8) is 0 Å². The number of hydrogen-bond donors (Lipinski definition) is 2. The molecule has 1 saturated carbocycles. The maximum Gasteiger partial charge on any atom is 0.160 e. The van der Waals surface area contributed by atoms with Crippen LogP contribution in [0.5, 0.6) is 11.5 Å². The number of ether oxygens (including phenoxy) is 1. The lowest BCUT2D eigenvalue weighted by molar-refractivity contribution is 0.0471. The number of rotatable bonds is 1. The Labute approximate surface area is 131 Å². The summed E-state index contributed by atoms with van der Waals surface area (Å²) in [6.45, 7) is 2.24. The van der Waals surface area contributed by atoms with Crippen LogP contribution in [0.2, 0.25) is 0 Å². The van der Waals surface area contributed by atoms with E-state index < -0.39 is 0 Å². The molecule has 1 aromatic rings. The first-order valence-electron chi connectivity index (χ1n) is 8.33. The summed E-state index contributed by atoms with van der Waals surface area (Å²) in [5.41, 5.74) is 4.08. The zero-order valence-electron chi connectivity index (χ0n) is 13.3. The Morgan fingerprint density at radius 1 is 1.23 bits per heavy atom. The van der Waals surface area contributed by atoms with E-state index in [1.54, 1.807) is 7.11 Å². The second kappa shape index (κ2) is 4.76. The fourth-order valence-electron chi connectivity index (χ4n) is 5.08. The van der Waals surface area contributed by atoms with E-state index in [4.69, 9.17) is 4.74 Å². The van der Waals surface area contributed by atoms with Crippen LogP contribution in [0.1, 0.15) is 49.7 Å². The fraction of sp³-hybridized carbons (Fsp3) is 0.579. The molecular formula is C19H24O3. The maximum atomic E-state index is 10.4. The molecule has 2 unspecified atom stereocenters. The normalized spacial score (nSPS) is 36.1. The number of benzene rings is 1. The van der Waals surface area contributed by atoms with Crippen LogP contribution in [-0.2, 0) is 6.42 Å². The number of fused-ring (bicyclic) bond motifs is 5. The van der Waals surface area contributed by atoms with Crippen molar-refractivity contribution in [3.8, 4) is 11.5 Å². The molecule has 0 saturated heterocycles. The molecule has 2 N–H and O–H groups in total. The Morgan fingerprint density at radius 2 is 2.05 bits per heavy atom. The van der Waals surface area contributed by atoms with E-state index in [1.165, 1.54) is 16.7 Å². The molecule has 0 radical (unpaired) electrons. The minimum atomic E-state index is -0.209. The van der Waals surface area contributed by atoms with Crippen LogP contribution in [0.3, 0.4) is 0 Å². The Hall–Kier alpha value is -1.48. The minimum absolute atomic E-state index is 0.0142. The Kier molecular flexibility index (Phi) is 3.06. The highest BCUT2D eigenvalue weighted by Gasteiger charge is 2.50. The first kappa shape index (κ1) is 14.1. The van der Waals surface area contributed by atoms with Gasteiger partial charge in [0, 0.05) is 5.41 Å². The van der Waals surface area contributed by atoms with Gasteiger partial charge in [-0.1, -0.05) is 18.6 Å². The van der Waals surface area contributed by atoms with Crippen LogP contribution in [0, 0.1) is 11.3 Å². The lowest BCUT2D eigenvalue weighted by Gasteiger charge is -2.47. The van der Waals surface area contributed by atoms with Crippen LogP contribution in [-0.4, -0.2) is 23.4 Å². The van der Waals surface area contributed by atoms with Gasteiger partial charge in [0.15, 0.2) is 11.5 Å². The lowest BCUT2D eigenvalue weighted by atomic mass is 9.58. The fourth-order valence-corrected chi connectivity index (χ4v) is 5.08. The van der Waals surface area contributed by atoms with Gasteiger partial charge >= 0.3 is 0 Å². The van der Waals surface area contributed by atoms with Crippen molar-refractivity contribution < 1.29 is 14.9 Å². The van der Waals surface area contributed by atoms with E-state index in [2.05, 4.69) is 13.0 Å². The molecule has 3 nitrogen and oxygen atoms in total. The van der Waals surface area contributed by atoms with Gasteiger partial charge in [0.25, 0.3) is 0 Å². The van der Waals surface area contributed by atoms with Gasteiger partial charge < -0.3 is 14.9 Å². The van der Waals surface area contributed by atoms with Crippen molar-refractivity contribution in [1.29, 1.82) is 0 Å². The zero-order chi connectivity index (χ0) is 15.5. The number of hydrogen-bond acceptors (Lipinski definition) is 3. The molecule has 0 aliphatic heterocycles. The van der Waals surface area contributed by atoms with Crippen LogP contribution in [0.15, 0.2) is 23.8 Å². The smallest absolute Gasteiger partial charge is 0.160 e. The molecule has 0 bridgehead atoms. The Balaban J connectivity index is 1.76. The minimum Gasteiger partial charge on any atom is -0.504 e. The first-order chi connectivity index (χ1) is 10.5. The van der Waals surface area contributed by atoms with Crippen LogP contribution in [0.4, 0.5) is 0 Å². The summed E-state index contributed by atoms with van der Waals surface area (Å²) >= 11 is 0. The van der Waals surface area contributed by atoms with Gasteiger partial charge in [0.05, 0.1) is 13.2 Å². The molecule has 1 fully saturated rings. The number of phenolic OH excluding ortho intramolecular Hbond substituents is 1. The summed E-state index contributed by atoms with van der Waals surface area (Å²) in [4.78, 5) is 0. The highest BCUT2D eigenvalue weighted by atomic mass is 16.5. The van der Waals surface area contributed by atoms with E-state index in [9.17, 15) is 10.2 Å². The highest BCUT2D eigenvalue weighted by molar-refractivity contribution is 5.50. The van der Waals surface area contributed by atoms with E-state index in [0.717, 1.165) is 32.1 Å². The number of aromatic hydroxyl groups is 1. The van der Waals surface area contributed by atoms with E-state index in [-0.39, 0.29) is 17.3 Å². The standard InChI is InChI=1S/C19H24O3/c1-19-8-7-12-13(15(19)5-6-18(19)21)4-3-11-9-16(20)17(22-2)10-14(11)12/h5,9-10,12-13,18,20-21H,3-4,6-8H2,1-2H3/t12?,13?,18-,19-/m0/s1. The lowest BCUT2D eigenvalue weighted by Crippen LogP contribution is -2.40. The maximum absolute atomic E-state index is 10.4. The zero-order valence-corrected chi connectivity index (χ0v) is 13.3. The largest absolute Gasteiger partial charge is 0.504 e. The van der Waals surface area contributed by atoms with Gasteiger partial charge in [-0.15, -0.1) is 0 Å². The molecule has 0 spiro atoms. The first-order valence-corrected chi connectivity index (χ1v) is 8.33. The second-order valence-electron chi connectivity index (χ2n) is 7.34. The van der Waals surface area contributed by atoms with Crippen molar-refractivity contribution >= 4 is 0 Å². The molecule has 0 aromatic heterocycles. The summed E-state index contributed by atoms with van der Waals surface area (Å²) in [7, 11) is 1.61. The molecule has 4 rings (SSSR count). The highest BCUT2D eigenvalue weighted by Crippen LogP contribution is 2.59. The van der Waals surface area contributed by atoms with E-state index in [0.29, 0.717) is 17.6 Å². The molecule has 3 heteroatoms. The van der Waals surface area contributed by atoms with E-state index in [1.807, 2.05) is 12.1 Å². The average molecular weight is 300 g/mol. The number of aliphatic hydroxyl groups excluding tert-OH is 1. The van der Waals surface area contributed by atoms with Crippen molar-refractivity contribution in [2.75, 3.05) is 7.11 Å². The van der Waals surface area contributed by atoms with Crippen molar-refractivity contribution in [2.24, 2.45) is 11.3 Å². The molecule has 3 aliphatic rings. The molecule has 0 heterocycles. The van der Waals surface area contributed by atoms with Gasteiger partial charge in [0.1, 0.15) is 0 Å². The number of aliphatic hydroxyl groups is 1. The van der Waals surface area contributed by atoms with Gasteiger partial charge in [-0.05, 0) is 67.2 Å². The molecule has 3 aliphatic carbocycles. The molecule has 4 atom stereocenters. The predicted molar refractivity (Wildman–Crippen MR) is 85.3 cm³/mol. The molecule has 0 amide bonds. The Morgan fingerprint density at radius 3 is 2.82 bits per heavy atom. The summed E-state index contributed by atoms with van der Waals surface area (Å²) in [6, 6.07) is 3.92. The van der Waals surface area contributed by atoms with Crippen LogP contribution >= 0.6 is 0 Å². The summed E-state index contributed by atoms with van der Waals surface area (Å²) in [6.07, 6.45) is 7.17. The quantitative estimate of drug-likeness (QED) is 0.780. The van der Waals surface area contributed by atoms with Gasteiger partial charge in [-0.3, -0.25) is 0 Å². The van der Waals surface area contributed by atoms with Crippen molar-refractivity contribution in [2.45, 2.75) is 51.0 Å². The summed E-state index contributed by atoms with van der Waals surface area (Å²) in [5.74, 6) is 1.87. The Bertz CT molecular complexity index is 648. The monoisotopic (exact) mass is 300 g/mol. The topological polar surface area (TPSA) is 49.7 Å². The number of phenols is 1. The third-order valence-electron chi connectivity index (χ3n) is 6.38. The average Bonchev–Trinajstić information content (AvgIpc) is 2.82. The van der Waals surface area contributed by atoms with Crippen molar-refractivity contribution in [3.05, 3.63) is 34.9 Å². The molecular weight excluding hydrogens is 276 g/mol. The third kappa shape index (κ3) is 1.78. The van der Waals surface area contributed by atoms with Crippen LogP contribution < -0.4 is 4.74 Å².